The second kappa shape index (κ2) is 9.85. The smallest absolute Gasteiger partial charge is 0.410 e. The molecule has 1 amide bonds. The van der Waals surface area contributed by atoms with Crippen molar-refractivity contribution in [1.29, 1.82) is 0 Å². The predicted octanol–water partition coefficient (Wildman–Crippen LogP) is 5.04. The van der Waals surface area contributed by atoms with Gasteiger partial charge < -0.3 is 15.0 Å². The van der Waals surface area contributed by atoms with Crippen LogP contribution in [0.15, 0.2) is 35.3 Å². The third-order valence-corrected chi connectivity index (χ3v) is 7.16. The molecule has 1 atom stereocenters. The first kappa shape index (κ1) is 25.3. The fraction of sp³-hybridized carbons (Fsp3) is 0.500. The Labute approximate surface area is 221 Å². The number of nitrogens with zero attached hydrogens (tertiary/aromatic N) is 7. The van der Waals surface area contributed by atoms with E-state index < -0.39 is 5.60 Å². The molecule has 3 aromatic heterocycles. The minimum absolute atomic E-state index is 0.0843. The van der Waals surface area contributed by atoms with Gasteiger partial charge in [0.25, 0.3) is 0 Å². The molecular formula is C26H34N8O2S. The summed E-state index contributed by atoms with van der Waals surface area (Å²) in [7, 11) is 1.90. The quantitative estimate of drug-likeness (QED) is 0.468. The largest absolute Gasteiger partial charge is 0.444 e. The molecule has 0 spiro atoms. The van der Waals surface area contributed by atoms with Crippen molar-refractivity contribution in [3.05, 3.63) is 36.6 Å². The van der Waals surface area contributed by atoms with Gasteiger partial charge in [-0.05, 0) is 50.6 Å². The zero-order valence-corrected chi connectivity index (χ0v) is 23.0. The first-order valence-electron chi connectivity index (χ1n) is 12.6. The number of hydrogen-bond donors (Lipinski definition) is 1. The van der Waals surface area contributed by atoms with Crippen LogP contribution in [0.25, 0.3) is 22.5 Å². The molecule has 0 saturated carbocycles. The third kappa shape index (κ3) is 5.51. The van der Waals surface area contributed by atoms with Crippen LogP contribution in [0.4, 0.5) is 10.6 Å². The first-order chi connectivity index (χ1) is 17.6. The van der Waals surface area contributed by atoms with Gasteiger partial charge in [0.2, 0.25) is 0 Å². The average molecular weight is 523 g/mol. The van der Waals surface area contributed by atoms with E-state index in [0.29, 0.717) is 24.8 Å². The number of hydrogen-bond acceptors (Lipinski definition) is 8. The van der Waals surface area contributed by atoms with Crippen molar-refractivity contribution in [3.63, 3.8) is 0 Å². The summed E-state index contributed by atoms with van der Waals surface area (Å²) in [4.78, 5) is 24.3. The Kier molecular flexibility index (Phi) is 6.74. The van der Waals surface area contributed by atoms with E-state index in [0.717, 1.165) is 41.0 Å². The molecule has 0 aliphatic carbocycles. The van der Waals surface area contributed by atoms with E-state index in [2.05, 4.69) is 39.1 Å². The van der Waals surface area contributed by atoms with E-state index in [1.165, 1.54) is 5.71 Å². The maximum atomic E-state index is 12.8. The van der Waals surface area contributed by atoms with E-state index in [4.69, 9.17) is 14.7 Å². The van der Waals surface area contributed by atoms with Gasteiger partial charge in [0.1, 0.15) is 11.0 Å². The van der Waals surface area contributed by atoms with Crippen LogP contribution in [0.2, 0.25) is 0 Å². The highest BCUT2D eigenvalue weighted by Crippen LogP contribution is 2.32. The maximum Gasteiger partial charge on any atom is 0.410 e. The van der Waals surface area contributed by atoms with E-state index in [-0.39, 0.29) is 11.5 Å². The Bertz CT molecular complexity index is 1380. The highest BCUT2D eigenvalue weighted by molar-refractivity contribution is 7.99. The van der Waals surface area contributed by atoms with Crippen molar-refractivity contribution in [2.24, 2.45) is 17.4 Å². The summed E-state index contributed by atoms with van der Waals surface area (Å²) in [6.07, 6.45) is 11.1. The molecule has 37 heavy (non-hydrogen) atoms. The zero-order valence-electron chi connectivity index (χ0n) is 22.2. The Morgan fingerprint density at radius 2 is 2.05 bits per heavy atom. The molecule has 10 nitrogen and oxygen atoms in total. The molecule has 5 heterocycles. The minimum atomic E-state index is -0.544. The third-order valence-electron chi connectivity index (χ3n) is 6.28. The molecule has 196 valence electrons. The Balaban J connectivity index is 1.50. The van der Waals surface area contributed by atoms with Crippen LogP contribution in [0, 0.1) is 5.92 Å². The Morgan fingerprint density at radius 3 is 2.73 bits per heavy atom. The first-order valence-corrected chi connectivity index (χ1v) is 13.4. The van der Waals surface area contributed by atoms with Crippen molar-refractivity contribution in [3.8, 4) is 11.3 Å². The molecule has 0 bridgehead atoms. The summed E-state index contributed by atoms with van der Waals surface area (Å²) in [5, 5.41) is 8.01. The number of fused-ring (bicyclic) bond motifs is 1. The van der Waals surface area contributed by atoms with Crippen molar-refractivity contribution in [2.75, 3.05) is 18.4 Å². The number of nitrogens with one attached hydrogen (secondary N) is 1. The second-order valence-corrected chi connectivity index (χ2v) is 11.8. The lowest BCUT2D eigenvalue weighted by Gasteiger charge is -2.30. The molecule has 1 N–H and O–H groups in total. The van der Waals surface area contributed by atoms with Crippen LogP contribution in [-0.2, 0) is 11.8 Å². The number of aryl methyl sites for hydroxylation is 1. The van der Waals surface area contributed by atoms with Crippen molar-refractivity contribution >= 4 is 40.8 Å². The van der Waals surface area contributed by atoms with Gasteiger partial charge >= 0.3 is 6.09 Å². The van der Waals surface area contributed by atoms with Crippen molar-refractivity contribution < 1.29 is 9.53 Å². The molecule has 0 fully saturated rings. The monoisotopic (exact) mass is 522 g/mol. The SMILES string of the molecule is CC(C)C1=NSC(Nc2nc(C3=CCCN(C(=O)OC(C)(C)C)C3)cn3c(-c4cnn(C)c4)cnc23)C1. The zero-order chi connectivity index (χ0) is 26.3. The van der Waals surface area contributed by atoms with Gasteiger partial charge in [-0.15, -0.1) is 0 Å². The van der Waals surface area contributed by atoms with Gasteiger partial charge in [0, 0.05) is 43.7 Å². The predicted molar refractivity (Wildman–Crippen MR) is 147 cm³/mol. The molecule has 0 aromatic carbocycles. The Morgan fingerprint density at radius 1 is 1.24 bits per heavy atom. The molecule has 3 aromatic rings. The molecule has 0 saturated heterocycles. The molecule has 0 radical (unpaired) electrons. The summed E-state index contributed by atoms with van der Waals surface area (Å²) in [5.74, 6) is 1.11. The molecule has 1 unspecified atom stereocenters. The van der Waals surface area contributed by atoms with E-state index in [9.17, 15) is 4.79 Å². The number of anilines is 1. The lowest BCUT2D eigenvalue weighted by molar-refractivity contribution is 0.0273. The average Bonchev–Trinajstić information content (AvgIpc) is 3.57. The van der Waals surface area contributed by atoms with Gasteiger partial charge in [-0.3, -0.25) is 9.08 Å². The van der Waals surface area contributed by atoms with Crippen molar-refractivity contribution in [1.82, 2.24) is 29.0 Å². The number of rotatable bonds is 5. The van der Waals surface area contributed by atoms with E-state index in [1.807, 2.05) is 52.6 Å². The molecule has 2 aliphatic rings. The molecular weight excluding hydrogens is 488 g/mol. The van der Waals surface area contributed by atoms with Gasteiger partial charge in [-0.25, -0.2) is 19.2 Å². The van der Waals surface area contributed by atoms with E-state index >= 15 is 0 Å². The van der Waals surface area contributed by atoms with Gasteiger partial charge in [0.05, 0.1) is 30.3 Å². The fourth-order valence-corrected chi connectivity index (χ4v) is 5.34. The summed E-state index contributed by atoms with van der Waals surface area (Å²) >= 11 is 1.54. The van der Waals surface area contributed by atoms with Crippen LogP contribution in [0.1, 0.15) is 53.2 Å². The van der Waals surface area contributed by atoms with Crippen LogP contribution < -0.4 is 5.32 Å². The lowest BCUT2D eigenvalue weighted by atomic mass is 10.1. The fourth-order valence-electron chi connectivity index (χ4n) is 4.39. The topological polar surface area (TPSA) is 102 Å². The lowest BCUT2D eigenvalue weighted by Crippen LogP contribution is -2.39. The maximum absolute atomic E-state index is 12.8. The van der Waals surface area contributed by atoms with E-state index in [1.54, 1.807) is 21.5 Å². The van der Waals surface area contributed by atoms with Crippen LogP contribution >= 0.6 is 11.9 Å². The summed E-state index contributed by atoms with van der Waals surface area (Å²) in [6, 6.07) is 0. The van der Waals surface area contributed by atoms with Crippen molar-refractivity contribution in [2.45, 2.75) is 58.4 Å². The minimum Gasteiger partial charge on any atom is -0.444 e. The second-order valence-electron chi connectivity index (χ2n) is 10.8. The van der Waals surface area contributed by atoms with Gasteiger partial charge in [-0.1, -0.05) is 19.9 Å². The summed E-state index contributed by atoms with van der Waals surface area (Å²) in [5.41, 5.74) is 5.04. The summed E-state index contributed by atoms with van der Waals surface area (Å²) < 4.78 is 14.1. The standard InChI is InChI=1S/C26H34N8O2S/c1-16(2)19-10-22(37-31-19)30-23-24-27-12-21(18-11-28-32(6)13-18)34(24)15-20(29-23)17-8-7-9-33(14-17)25(35)36-26(3,4)5/h8,11-13,15-16,22H,7,9-10,14H2,1-6H3,(H,29,30). The highest BCUT2D eigenvalue weighted by Gasteiger charge is 2.27. The number of carbonyl (C=O) groups excluding carboxylic acids is 1. The normalized spacial score (nSPS) is 18.4. The van der Waals surface area contributed by atoms with Crippen LogP contribution in [0.3, 0.4) is 0 Å². The number of imidazole rings is 1. The highest BCUT2D eigenvalue weighted by atomic mass is 32.2. The number of ether oxygens (including phenoxy) is 1. The Hall–Kier alpha value is -3.34. The van der Waals surface area contributed by atoms with Gasteiger partial charge in [-0.2, -0.15) is 5.10 Å². The molecule has 2 aliphatic heterocycles. The molecule has 5 rings (SSSR count). The van der Waals surface area contributed by atoms with Crippen LogP contribution in [-0.4, -0.2) is 64.9 Å². The number of carbonyl (C=O) groups is 1. The van der Waals surface area contributed by atoms with Gasteiger partial charge in [0.15, 0.2) is 11.5 Å². The number of aromatic nitrogens is 5. The number of amides is 1. The van der Waals surface area contributed by atoms with Crippen LogP contribution in [0.5, 0.6) is 0 Å². The molecule has 11 heteroatoms. The summed E-state index contributed by atoms with van der Waals surface area (Å²) in [6.45, 7) is 11.0.